The number of carbonyl (C=O) groups excluding carboxylic acids is 1. The summed E-state index contributed by atoms with van der Waals surface area (Å²) < 4.78 is 5.65. The summed E-state index contributed by atoms with van der Waals surface area (Å²) in [5.74, 6) is 0.0971. The van der Waals surface area contributed by atoms with Crippen LogP contribution in [-0.4, -0.2) is 57.3 Å². The van der Waals surface area contributed by atoms with Gasteiger partial charge in [-0.15, -0.1) is 5.10 Å². The van der Waals surface area contributed by atoms with Crippen LogP contribution >= 0.6 is 0 Å². The largest absolute Gasteiger partial charge is 0.379 e. The molecule has 0 aromatic carbocycles. The second-order valence-corrected chi connectivity index (χ2v) is 5.66. The highest BCUT2D eigenvalue weighted by Gasteiger charge is 2.24. The van der Waals surface area contributed by atoms with Gasteiger partial charge in [0.1, 0.15) is 6.33 Å². The summed E-state index contributed by atoms with van der Waals surface area (Å²) >= 11 is 0. The minimum Gasteiger partial charge on any atom is -0.379 e. The zero-order chi connectivity index (χ0) is 16.1. The lowest BCUT2D eigenvalue weighted by molar-refractivity contribution is 0.0730. The number of nitrogens with zero attached hydrogens (tertiary/aromatic N) is 5. The van der Waals surface area contributed by atoms with Gasteiger partial charge in [-0.2, -0.15) is 5.10 Å². The molecule has 1 amide bonds. The van der Waals surface area contributed by atoms with E-state index >= 15 is 0 Å². The van der Waals surface area contributed by atoms with E-state index in [0.29, 0.717) is 32.0 Å². The highest BCUT2D eigenvalue weighted by molar-refractivity contribution is 5.92. The van der Waals surface area contributed by atoms with Crippen LogP contribution < -0.4 is 0 Å². The summed E-state index contributed by atoms with van der Waals surface area (Å²) in [7, 11) is 0. The summed E-state index contributed by atoms with van der Waals surface area (Å²) in [4.78, 5) is 22.7. The van der Waals surface area contributed by atoms with E-state index in [1.807, 2.05) is 13.0 Å². The number of aromatic nitrogens is 4. The molecule has 1 unspecified atom stereocenters. The van der Waals surface area contributed by atoms with Crippen molar-refractivity contribution < 1.29 is 9.53 Å². The summed E-state index contributed by atoms with van der Waals surface area (Å²) in [6.07, 6.45) is 3.89. The van der Waals surface area contributed by atoms with Crippen molar-refractivity contribution in [2.45, 2.75) is 13.3 Å². The van der Waals surface area contributed by atoms with Gasteiger partial charge in [-0.1, -0.05) is 0 Å². The van der Waals surface area contributed by atoms with Gasteiger partial charge in [-0.25, -0.2) is 9.97 Å². The van der Waals surface area contributed by atoms with E-state index in [9.17, 15) is 4.79 Å². The fourth-order valence-electron chi connectivity index (χ4n) is 2.68. The van der Waals surface area contributed by atoms with Crippen molar-refractivity contribution in [3.05, 3.63) is 47.8 Å². The highest BCUT2D eigenvalue weighted by atomic mass is 16.5. The Morgan fingerprint density at radius 1 is 1.43 bits per heavy atom. The normalized spacial score (nSPS) is 18.5. The van der Waals surface area contributed by atoms with Crippen molar-refractivity contribution >= 4 is 5.91 Å². The van der Waals surface area contributed by atoms with Crippen molar-refractivity contribution in [2.75, 3.05) is 26.3 Å². The second kappa shape index (κ2) is 7.23. The molecule has 1 atom stereocenters. The van der Waals surface area contributed by atoms with Crippen LogP contribution in [0.25, 0.3) is 0 Å². The molecule has 0 aliphatic carbocycles. The number of carbonyl (C=O) groups is 1. The predicted molar refractivity (Wildman–Crippen MR) is 82.7 cm³/mol. The third-order valence-corrected chi connectivity index (χ3v) is 3.77. The molecule has 7 nitrogen and oxygen atoms in total. The van der Waals surface area contributed by atoms with Gasteiger partial charge in [0.15, 0.2) is 5.69 Å². The fraction of sp³-hybridized carbons (Fsp3) is 0.438. The maximum absolute atomic E-state index is 12.5. The lowest BCUT2D eigenvalue weighted by Crippen LogP contribution is -2.37. The standard InChI is InChI=1S/C16H19N5O2/c1-12-7-14(18-11-17-12)8-13-9-21(5-6-23-10-13)16(22)15-3-2-4-19-20-15/h2-4,7,11,13H,5-6,8-10H2,1H3. The third-order valence-electron chi connectivity index (χ3n) is 3.77. The predicted octanol–water partition coefficient (Wildman–Crippen LogP) is 0.906. The Labute approximate surface area is 134 Å². The Kier molecular flexibility index (Phi) is 4.87. The van der Waals surface area contributed by atoms with E-state index < -0.39 is 0 Å². The Morgan fingerprint density at radius 3 is 3.13 bits per heavy atom. The Bertz CT molecular complexity index is 665. The first-order valence-corrected chi connectivity index (χ1v) is 7.64. The minimum absolute atomic E-state index is 0.104. The van der Waals surface area contributed by atoms with Crippen molar-refractivity contribution in [1.82, 2.24) is 25.1 Å². The lowest BCUT2D eigenvalue weighted by Gasteiger charge is -2.23. The van der Waals surface area contributed by atoms with Crippen LogP contribution in [0.5, 0.6) is 0 Å². The molecule has 3 rings (SSSR count). The first-order chi connectivity index (χ1) is 11.2. The highest BCUT2D eigenvalue weighted by Crippen LogP contribution is 2.14. The maximum Gasteiger partial charge on any atom is 0.274 e. The van der Waals surface area contributed by atoms with Gasteiger partial charge in [0, 0.05) is 36.6 Å². The molecule has 1 saturated heterocycles. The number of hydrogen-bond acceptors (Lipinski definition) is 6. The monoisotopic (exact) mass is 313 g/mol. The molecule has 120 valence electrons. The van der Waals surface area contributed by atoms with Crippen molar-refractivity contribution in [1.29, 1.82) is 0 Å². The average molecular weight is 313 g/mol. The van der Waals surface area contributed by atoms with Crippen molar-refractivity contribution in [3.63, 3.8) is 0 Å². The number of hydrogen-bond donors (Lipinski definition) is 0. The van der Waals surface area contributed by atoms with Gasteiger partial charge in [-0.05, 0) is 31.5 Å². The minimum atomic E-state index is -0.104. The Morgan fingerprint density at radius 2 is 2.35 bits per heavy atom. The topological polar surface area (TPSA) is 81.1 Å². The van der Waals surface area contributed by atoms with E-state index in [1.165, 1.54) is 0 Å². The van der Waals surface area contributed by atoms with Gasteiger partial charge < -0.3 is 9.64 Å². The molecule has 1 aliphatic heterocycles. The maximum atomic E-state index is 12.5. The molecule has 0 saturated carbocycles. The van der Waals surface area contributed by atoms with Crippen LogP contribution in [-0.2, 0) is 11.2 Å². The average Bonchev–Trinajstić information content (AvgIpc) is 2.80. The van der Waals surface area contributed by atoms with E-state index in [-0.39, 0.29) is 11.8 Å². The SMILES string of the molecule is Cc1cc(CC2COCCN(C(=O)c3cccnn3)C2)ncn1. The van der Waals surface area contributed by atoms with Crippen molar-refractivity contribution in [3.8, 4) is 0 Å². The molecular formula is C16H19N5O2. The first kappa shape index (κ1) is 15.5. The Balaban J connectivity index is 1.70. The van der Waals surface area contributed by atoms with Gasteiger partial charge in [0.05, 0.1) is 13.2 Å². The lowest BCUT2D eigenvalue weighted by atomic mass is 10.0. The summed E-state index contributed by atoms with van der Waals surface area (Å²) in [5.41, 5.74) is 2.28. The number of rotatable bonds is 3. The van der Waals surface area contributed by atoms with E-state index in [1.54, 1.807) is 29.6 Å². The molecule has 0 bridgehead atoms. The van der Waals surface area contributed by atoms with E-state index in [2.05, 4.69) is 20.2 Å². The zero-order valence-corrected chi connectivity index (χ0v) is 13.1. The van der Waals surface area contributed by atoms with Gasteiger partial charge >= 0.3 is 0 Å². The van der Waals surface area contributed by atoms with Crippen LogP contribution in [0.2, 0.25) is 0 Å². The third kappa shape index (κ3) is 4.07. The van der Waals surface area contributed by atoms with E-state index in [4.69, 9.17) is 4.74 Å². The van der Waals surface area contributed by atoms with Gasteiger partial charge in [-0.3, -0.25) is 4.79 Å². The molecule has 1 fully saturated rings. The molecule has 2 aromatic rings. The van der Waals surface area contributed by atoms with Crippen LogP contribution in [0, 0.1) is 12.8 Å². The van der Waals surface area contributed by atoms with E-state index in [0.717, 1.165) is 17.8 Å². The summed E-state index contributed by atoms with van der Waals surface area (Å²) in [6.45, 7) is 4.28. The molecule has 1 aliphatic rings. The number of ether oxygens (including phenoxy) is 1. The molecule has 23 heavy (non-hydrogen) atoms. The molecule has 0 radical (unpaired) electrons. The Hall–Kier alpha value is -2.41. The number of amides is 1. The molecule has 7 heteroatoms. The van der Waals surface area contributed by atoms with Gasteiger partial charge in [0.25, 0.3) is 5.91 Å². The number of aryl methyl sites for hydroxylation is 1. The molecule has 2 aromatic heterocycles. The van der Waals surface area contributed by atoms with Gasteiger partial charge in [0.2, 0.25) is 0 Å². The van der Waals surface area contributed by atoms with Crippen LogP contribution in [0.3, 0.4) is 0 Å². The molecule has 0 spiro atoms. The zero-order valence-electron chi connectivity index (χ0n) is 13.1. The molecule has 0 N–H and O–H groups in total. The fourth-order valence-corrected chi connectivity index (χ4v) is 2.68. The summed E-state index contributed by atoms with van der Waals surface area (Å²) in [6, 6.07) is 5.37. The molecular weight excluding hydrogens is 294 g/mol. The molecule has 3 heterocycles. The quantitative estimate of drug-likeness (QED) is 0.837. The van der Waals surface area contributed by atoms with Crippen LogP contribution in [0.4, 0.5) is 0 Å². The first-order valence-electron chi connectivity index (χ1n) is 7.64. The van der Waals surface area contributed by atoms with Crippen LogP contribution in [0.15, 0.2) is 30.7 Å². The summed E-state index contributed by atoms with van der Waals surface area (Å²) in [5, 5.41) is 7.68. The van der Waals surface area contributed by atoms with Crippen LogP contribution in [0.1, 0.15) is 21.9 Å². The second-order valence-electron chi connectivity index (χ2n) is 5.66. The smallest absolute Gasteiger partial charge is 0.274 e. The van der Waals surface area contributed by atoms with Crippen molar-refractivity contribution in [2.24, 2.45) is 5.92 Å².